The number of nitrogens with zero attached hydrogens (tertiary/aromatic N) is 1. The minimum Gasteiger partial charge on any atom is -0.374 e. The van der Waals surface area contributed by atoms with Gasteiger partial charge in [-0.1, -0.05) is 41.9 Å². The molecule has 1 amide bonds. The normalized spacial score (nSPS) is 15.8. The molecule has 0 aliphatic carbocycles. The molecule has 1 atom stereocenters. The van der Waals surface area contributed by atoms with E-state index in [9.17, 15) is 4.79 Å². The van der Waals surface area contributed by atoms with Crippen molar-refractivity contribution in [1.29, 1.82) is 0 Å². The summed E-state index contributed by atoms with van der Waals surface area (Å²) in [6.07, 6.45) is 1.07. The van der Waals surface area contributed by atoms with Gasteiger partial charge in [0.2, 0.25) is 5.91 Å². The van der Waals surface area contributed by atoms with Crippen molar-refractivity contribution >= 4 is 35.0 Å². The Labute approximate surface area is 177 Å². The van der Waals surface area contributed by atoms with Crippen LogP contribution in [0, 0.1) is 0 Å². The second kappa shape index (κ2) is 10.7. The van der Waals surface area contributed by atoms with E-state index in [2.05, 4.69) is 39.8 Å². The molecule has 28 heavy (non-hydrogen) atoms. The van der Waals surface area contributed by atoms with Crippen LogP contribution in [0.4, 0.5) is 5.69 Å². The van der Waals surface area contributed by atoms with Crippen LogP contribution < -0.4 is 10.6 Å². The van der Waals surface area contributed by atoms with Gasteiger partial charge in [-0.2, -0.15) is 11.8 Å². The number of hydrogen-bond donors (Lipinski definition) is 2. The average molecular weight is 418 g/mol. The lowest BCUT2D eigenvalue weighted by molar-refractivity contribution is -0.121. The third-order valence-corrected chi connectivity index (χ3v) is 6.27. The Kier molecular flexibility index (Phi) is 8.07. The molecule has 0 radical (unpaired) electrons. The molecule has 3 rings (SSSR count). The molecule has 6 heteroatoms. The third-order valence-electron chi connectivity index (χ3n) is 4.96. The molecule has 2 aromatic rings. The number of amides is 1. The molecule has 0 aromatic heterocycles. The van der Waals surface area contributed by atoms with E-state index in [0.29, 0.717) is 11.6 Å². The van der Waals surface area contributed by atoms with E-state index in [0.717, 1.165) is 24.2 Å². The molecule has 150 valence electrons. The van der Waals surface area contributed by atoms with Crippen molar-refractivity contribution in [3.63, 3.8) is 0 Å². The molecule has 0 spiro atoms. The standard InChI is InChI=1S/C22H28ClN3OS/c1-17(22(27)24-16-19-4-2-3-5-21(19)23)25-20-8-6-18(7-9-20)10-11-26-12-14-28-15-13-26/h2-9,17,25H,10-16H2,1H3,(H,24,27). The topological polar surface area (TPSA) is 44.4 Å². The summed E-state index contributed by atoms with van der Waals surface area (Å²) >= 11 is 8.18. The SMILES string of the molecule is CC(Nc1ccc(CCN2CCSCC2)cc1)C(=O)NCc1ccccc1Cl. The number of benzene rings is 2. The molecule has 1 fully saturated rings. The Hall–Kier alpha value is -1.69. The van der Waals surface area contributed by atoms with Crippen LogP contribution in [0.1, 0.15) is 18.1 Å². The smallest absolute Gasteiger partial charge is 0.242 e. The van der Waals surface area contributed by atoms with Crippen molar-refractivity contribution in [1.82, 2.24) is 10.2 Å². The van der Waals surface area contributed by atoms with Gasteiger partial charge in [-0.25, -0.2) is 0 Å². The van der Waals surface area contributed by atoms with Crippen LogP contribution >= 0.6 is 23.4 Å². The summed E-state index contributed by atoms with van der Waals surface area (Å²) in [7, 11) is 0. The summed E-state index contributed by atoms with van der Waals surface area (Å²) < 4.78 is 0. The first kappa shape index (κ1) is 21.0. The van der Waals surface area contributed by atoms with E-state index < -0.39 is 0 Å². The fourth-order valence-electron chi connectivity index (χ4n) is 3.17. The number of carbonyl (C=O) groups excluding carboxylic acids is 1. The van der Waals surface area contributed by atoms with Gasteiger partial charge in [0.25, 0.3) is 0 Å². The lowest BCUT2D eigenvalue weighted by atomic mass is 10.1. The zero-order valence-electron chi connectivity index (χ0n) is 16.3. The summed E-state index contributed by atoms with van der Waals surface area (Å²) in [6.45, 7) is 5.81. The van der Waals surface area contributed by atoms with Crippen LogP contribution in [0.15, 0.2) is 48.5 Å². The maximum Gasteiger partial charge on any atom is 0.242 e. The van der Waals surface area contributed by atoms with E-state index in [1.165, 1.54) is 30.2 Å². The molecule has 4 nitrogen and oxygen atoms in total. The van der Waals surface area contributed by atoms with Crippen LogP contribution in [0.5, 0.6) is 0 Å². The number of thioether (sulfide) groups is 1. The van der Waals surface area contributed by atoms with E-state index in [-0.39, 0.29) is 11.9 Å². The van der Waals surface area contributed by atoms with Crippen LogP contribution in [-0.2, 0) is 17.8 Å². The number of carbonyl (C=O) groups is 1. The number of halogens is 1. The van der Waals surface area contributed by atoms with E-state index in [1.807, 2.05) is 43.0 Å². The van der Waals surface area contributed by atoms with Gasteiger partial charge in [-0.3, -0.25) is 4.79 Å². The number of hydrogen-bond acceptors (Lipinski definition) is 4. The molecule has 1 aliphatic heterocycles. The lowest BCUT2D eigenvalue weighted by Crippen LogP contribution is -2.37. The maximum absolute atomic E-state index is 12.4. The van der Waals surface area contributed by atoms with Crippen LogP contribution in [0.2, 0.25) is 5.02 Å². The molecule has 2 aromatic carbocycles. The van der Waals surface area contributed by atoms with Gasteiger partial charge in [0.1, 0.15) is 6.04 Å². The first-order valence-electron chi connectivity index (χ1n) is 9.78. The van der Waals surface area contributed by atoms with Gasteiger partial charge in [-0.05, 0) is 42.7 Å². The lowest BCUT2D eigenvalue weighted by Gasteiger charge is -2.26. The van der Waals surface area contributed by atoms with Gasteiger partial charge in [0.15, 0.2) is 0 Å². The first-order valence-corrected chi connectivity index (χ1v) is 11.3. The molecule has 1 aliphatic rings. The van der Waals surface area contributed by atoms with Gasteiger partial charge in [-0.15, -0.1) is 0 Å². The zero-order valence-corrected chi connectivity index (χ0v) is 17.9. The second-order valence-electron chi connectivity index (χ2n) is 7.08. The Balaban J connectivity index is 1.43. The second-order valence-corrected chi connectivity index (χ2v) is 8.71. The first-order chi connectivity index (χ1) is 13.6. The maximum atomic E-state index is 12.4. The molecule has 0 bridgehead atoms. The van der Waals surface area contributed by atoms with Crippen molar-refractivity contribution in [2.45, 2.75) is 25.9 Å². The highest BCUT2D eigenvalue weighted by Crippen LogP contribution is 2.15. The Morgan fingerprint density at radius 3 is 2.57 bits per heavy atom. The Morgan fingerprint density at radius 1 is 1.14 bits per heavy atom. The fraction of sp³-hybridized carbons (Fsp3) is 0.409. The van der Waals surface area contributed by atoms with Crippen LogP contribution in [0.25, 0.3) is 0 Å². The van der Waals surface area contributed by atoms with Crippen molar-refractivity contribution in [3.05, 3.63) is 64.7 Å². The van der Waals surface area contributed by atoms with E-state index in [1.54, 1.807) is 0 Å². The van der Waals surface area contributed by atoms with Gasteiger partial charge < -0.3 is 15.5 Å². The van der Waals surface area contributed by atoms with Gasteiger partial charge in [0.05, 0.1) is 0 Å². The zero-order chi connectivity index (χ0) is 19.8. The quantitative estimate of drug-likeness (QED) is 0.680. The van der Waals surface area contributed by atoms with Crippen molar-refractivity contribution in [3.8, 4) is 0 Å². The highest BCUT2D eigenvalue weighted by molar-refractivity contribution is 7.99. The van der Waals surface area contributed by atoms with Crippen molar-refractivity contribution in [2.24, 2.45) is 0 Å². The highest BCUT2D eigenvalue weighted by Gasteiger charge is 2.13. The fourth-order valence-corrected chi connectivity index (χ4v) is 4.35. The molecule has 2 N–H and O–H groups in total. The van der Waals surface area contributed by atoms with Gasteiger partial charge >= 0.3 is 0 Å². The summed E-state index contributed by atoms with van der Waals surface area (Å²) in [5.41, 5.74) is 3.21. The molecule has 0 saturated carbocycles. The average Bonchev–Trinajstić information content (AvgIpc) is 2.73. The number of anilines is 1. The molecule has 1 heterocycles. The van der Waals surface area contributed by atoms with Crippen LogP contribution in [0.3, 0.4) is 0 Å². The van der Waals surface area contributed by atoms with E-state index in [4.69, 9.17) is 11.6 Å². The predicted molar refractivity (Wildman–Crippen MR) is 120 cm³/mol. The Morgan fingerprint density at radius 2 is 1.86 bits per heavy atom. The van der Waals surface area contributed by atoms with Crippen molar-refractivity contribution < 1.29 is 4.79 Å². The minimum absolute atomic E-state index is 0.0491. The molecular formula is C22H28ClN3OS. The summed E-state index contributed by atoms with van der Waals surface area (Å²) in [5, 5.41) is 6.87. The summed E-state index contributed by atoms with van der Waals surface area (Å²) in [4.78, 5) is 14.9. The Bertz CT molecular complexity index is 763. The van der Waals surface area contributed by atoms with Crippen molar-refractivity contribution in [2.75, 3.05) is 36.5 Å². The summed E-state index contributed by atoms with van der Waals surface area (Å²) in [5.74, 6) is 2.45. The molecule has 1 unspecified atom stereocenters. The van der Waals surface area contributed by atoms with E-state index >= 15 is 0 Å². The number of nitrogens with one attached hydrogen (secondary N) is 2. The predicted octanol–water partition coefficient (Wildman–Crippen LogP) is 4.05. The molecular weight excluding hydrogens is 390 g/mol. The van der Waals surface area contributed by atoms with Gasteiger partial charge in [0, 0.05) is 48.4 Å². The highest BCUT2D eigenvalue weighted by atomic mass is 35.5. The monoisotopic (exact) mass is 417 g/mol. The largest absolute Gasteiger partial charge is 0.374 e. The molecule has 1 saturated heterocycles. The third kappa shape index (κ3) is 6.43. The summed E-state index contributed by atoms with van der Waals surface area (Å²) in [6, 6.07) is 15.6. The number of rotatable bonds is 8. The van der Waals surface area contributed by atoms with Crippen LogP contribution in [-0.4, -0.2) is 48.0 Å². The minimum atomic E-state index is -0.320.